The molecule has 1 heterocycles. The van der Waals surface area contributed by atoms with Gasteiger partial charge in [-0.25, -0.2) is 0 Å². The minimum atomic E-state index is 0.925. The van der Waals surface area contributed by atoms with E-state index in [0.29, 0.717) is 0 Å². The zero-order valence-corrected chi connectivity index (χ0v) is 24.9. The Balaban J connectivity index is 1.08. The van der Waals surface area contributed by atoms with Gasteiger partial charge in [-0.3, -0.25) is 0 Å². The Kier molecular flexibility index (Phi) is 6.15. The maximum Gasteiger partial charge on any atom is 0.135 e. The molecule has 0 saturated carbocycles. The van der Waals surface area contributed by atoms with E-state index in [1.165, 1.54) is 58.9 Å². The van der Waals surface area contributed by atoms with Crippen molar-refractivity contribution >= 4 is 55.3 Å². The largest absolute Gasteiger partial charge is 0.456 e. The first-order valence-electron chi connectivity index (χ1n) is 14.1. The van der Waals surface area contributed by atoms with Crippen LogP contribution in [0.15, 0.2) is 156 Å². The zero-order valence-electron chi connectivity index (χ0n) is 22.7. The van der Waals surface area contributed by atoms with E-state index in [4.69, 9.17) is 4.42 Å². The van der Waals surface area contributed by atoms with Gasteiger partial charge in [-0.05, 0) is 120 Å². The lowest BCUT2D eigenvalue weighted by atomic mass is 9.95. The van der Waals surface area contributed by atoms with Crippen molar-refractivity contribution in [1.29, 1.82) is 0 Å². The van der Waals surface area contributed by atoms with Gasteiger partial charge in [0.05, 0.1) is 0 Å². The number of hydrogen-bond acceptors (Lipinski definition) is 1. The number of para-hydroxylation sites is 1. The molecule has 0 spiro atoms. The summed E-state index contributed by atoms with van der Waals surface area (Å²) in [6, 6.07) is 54.6. The lowest BCUT2D eigenvalue weighted by Crippen LogP contribution is -1.84. The third-order valence-electron chi connectivity index (χ3n) is 8.16. The summed E-state index contributed by atoms with van der Waals surface area (Å²) in [4.78, 5) is 0. The molecule has 0 bridgehead atoms. The summed E-state index contributed by atoms with van der Waals surface area (Å²) in [6.45, 7) is 0. The summed E-state index contributed by atoms with van der Waals surface area (Å²) in [5.74, 6) is 0. The highest BCUT2D eigenvalue weighted by molar-refractivity contribution is 14.1. The van der Waals surface area contributed by atoms with Gasteiger partial charge in [0, 0.05) is 14.3 Å². The molecule has 198 valence electrons. The molecule has 0 fully saturated rings. The third kappa shape index (κ3) is 4.58. The van der Waals surface area contributed by atoms with Crippen molar-refractivity contribution in [3.05, 3.63) is 155 Å². The Morgan fingerprint density at radius 1 is 0.333 bits per heavy atom. The molecule has 0 aliphatic heterocycles. The van der Waals surface area contributed by atoms with E-state index in [1.54, 1.807) is 0 Å². The van der Waals surface area contributed by atoms with Gasteiger partial charge in [0.1, 0.15) is 11.2 Å². The fourth-order valence-electron chi connectivity index (χ4n) is 5.86. The van der Waals surface area contributed by atoms with Gasteiger partial charge in [-0.1, -0.05) is 109 Å². The van der Waals surface area contributed by atoms with Crippen LogP contribution in [0.4, 0.5) is 0 Å². The number of hydrogen-bond donors (Lipinski definition) is 0. The molecule has 8 aromatic rings. The molecule has 0 atom stereocenters. The predicted octanol–water partition coefficient (Wildman–Crippen LogP) is 12.0. The zero-order chi connectivity index (χ0) is 28.0. The van der Waals surface area contributed by atoms with Crippen molar-refractivity contribution in [3.63, 3.8) is 0 Å². The molecule has 0 aliphatic carbocycles. The highest BCUT2D eigenvalue weighted by Gasteiger charge is 2.09. The lowest BCUT2D eigenvalue weighted by Gasteiger charge is -2.09. The SMILES string of the molecule is Ic1ccc(-c2ccc(-c3ccc4ccc(-c5ccc(-c6ccc7oc8ccccc8c7c6)cc5)cc4c3)cc2)cc1. The first kappa shape index (κ1) is 25.1. The van der Waals surface area contributed by atoms with Gasteiger partial charge >= 0.3 is 0 Å². The van der Waals surface area contributed by atoms with Crippen molar-refractivity contribution in [2.45, 2.75) is 0 Å². The Labute approximate surface area is 258 Å². The molecule has 7 aromatic carbocycles. The van der Waals surface area contributed by atoms with Gasteiger partial charge in [0.25, 0.3) is 0 Å². The van der Waals surface area contributed by atoms with E-state index in [-0.39, 0.29) is 0 Å². The summed E-state index contributed by atoms with van der Waals surface area (Å²) in [7, 11) is 0. The van der Waals surface area contributed by atoms with Gasteiger partial charge < -0.3 is 4.42 Å². The van der Waals surface area contributed by atoms with E-state index >= 15 is 0 Å². The standard InChI is InChI=1S/C40H25IO/c41-36-20-17-27(18-21-36)26-5-7-28(8-6-26)32-15-13-31-14-16-33(24-35(31)23-32)29-9-11-30(12-10-29)34-19-22-40-38(25-34)37-3-1-2-4-39(37)42-40/h1-25H. The molecule has 8 rings (SSSR count). The number of fused-ring (bicyclic) bond motifs is 4. The maximum atomic E-state index is 6.02. The fourth-order valence-corrected chi connectivity index (χ4v) is 6.22. The minimum Gasteiger partial charge on any atom is -0.456 e. The van der Waals surface area contributed by atoms with Crippen LogP contribution in [0.1, 0.15) is 0 Å². The average Bonchev–Trinajstić information content (AvgIpc) is 3.43. The molecule has 1 nitrogen and oxygen atoms in total. The smallest absolute Gasteiger partial charge is 0.135 e. The van der Waals surface area contributed by atoms with E-state index < -0.39 is 0 Å². The van der Waals surface area contributed by atoms with Crippen LogP contribution in [-0.2, 0) is 0 Å². The second-order valence-electron chi connectivity index (χ2n) is 10.7. The van der Waals surface area contributed by atoms with Crippen molar-refractivity contribution in [2.75, 3.05) is 0 Å². The van der Waals surface area contributed by atoms with Gasteiger partial charge in [-0.15, -0.1) is 0 Å². The van der Waals surface area contributed by atoms with Crippen molar-refractivity contribution in [3.8, 4) is 44.5 Å². The lowest BCUT2D eigenvalue weighted by molar-refractivity contribution is 0.669. The van der Waals surface area contributed by atoms with Crippen molar-refractivity contribution < 1.29 is 4.42 Å². The molecular weight excluding hydrogens is 623 g/mol. The van der Waals surface area contributed by atoms with Gasteiger partial charge in [0.15, 0.2) is 0 Å². The molecular formula is C40H25IO. The summed E-state index contributed by atoms with van der Waals surface area (Å²) in [5, 5.41) is 4.80. The number of furan rings is 1. The number of benzene rings is 7. The summed E-state index contributed by atoms with van der Waals surface area (Å²) < 4.78 is 7.27. The molecule has 0 radical (unpaired) electrons. The van der Waals surface area contributed by atoms with Crippen molar-refractivity contribution in [2.24, 2.45) is 0 Å². The van der Waals surface area contributed by atoms with Crippen LogP contribution in [0, 0.1) is 3.57 Å². The average molecular weight is 649 g/mol. The topological polar surface area (TPSA) is 13.1 Å². The quantitative estimate of drug-likeness (QED) is 0.173. The van der Waals surface area contributed by atoms with Crippen LogP contribution in [0.5, 0.6) is 0 Å². The van der Waals surface area contributed by atoms with Crippen LogP contribution < -0.4 is 0 Å². The van der Waals surface area contributed by atoms with E-state index in [9.17, 15) is 0 Å². The van der Waals surface area contributed by atoms with Gasteiger partial charge in [0.2, 0.25) is 0 Å². The molecule has 42 heavy (non-hydrogen) atoms. The first-order chi connectivity index (χ1) is 20.7. The Morgan fingerprint density at radius 2 is 0.762 bits per heavy atom. The van der Waals surface area contributed by atoms with Crippen LogP contribution in [0.25, 0.3) is 77.2 Å². The normalized spacial score (nSPS) is 11.5. The molecule has 0 amide bonds. The second-order valence-corrected chi connectivity index (χ2v) is 12.0. The maximum absolute atomic E-state index is 6.02. The highest BCUT2D eigenvalue weighted by Crippen LogP contribution is 2.34. The van der Waals surface area contributed by atoms with Crippen LogP contribution in [-0.4, -0.2) is 0 Å². The molecule has 1 aromatic heterocycles. The molecule has 2 heteroatoms. The van der Waals surface area contributed by atoms with Gasteiger partial charge in [-0.2, -0.15) is 0 Å². The minimum absolute atomic E-state index is 0.925. The van der Waals surface area contributed by atoms with Crippen LogP contribution in [0.3, 0.4) is 0 Å². The third-order valence-corrected chi connectivity index (χ3v) is 8.88. The van der Waals surface area contributed by atoms with E-state index in [2.05, 4.69) is 162 Å². The first-order valence-corrected chi connectivity index (χ1v) is 15.2. The predicted molar refractivity (Wildman–Crippen MR) is 186 cm³/mol. The Hall–Kier alpha value is -4.67. The molecule has 0 aliphatic rings. The van der Waals surface area contributed by atoms with E-state index in [1.807, 2.05) is 12.1 Å². The monoisotopic (exact) mass is 648 g/mol. The summed E-state index contributed by atoms with van der Waals surface area (Å²) in [6.07, 6.45) is 0. The highest BCUT2D eigenvalue weighted by atomic mass is 127. The Bertz CT molecular complexity index is 2220. The van der Waals surface area contributed by atoms with Crippen molar-refractivity contribution in [1.82, 2.24) is 0 Å². The second kappa shape index (κ2) is 10.3. The summed E-state index contributed by atoms with van der Waals surface area (Å²) in [5.41, 5.74) is 11.6. The molecule has 0 unspecified atom stereocenters. The summed E-state index contributed by atoms with van der Waals surface area (Å²) >= 11 is 2.35. The number of halogens is 1. The van der Waals surface area contributed by atoms with Crippen LogP contribution in [0.2, 0.25) is 0 Å². The molecule has 0 saturated heterocycles. The number of rotatable bonds is 4. The Morgan fingerprint density at radius 3 is 1.36 bits per heavy atom. The fraction of sp³-hybridized carbons (Fsp3) is 0. The van der Waals surface area contributed by atoms with E-state index in [0.717, 1.165) is 21.9 Å². The molecule has 0 N–H and O–H groups in total. The van der Waals surface area contributed by atoms with Crippen LogP contribution >= 0.6 is 22.6 Å².